The molecule has 0 heterocycles. The van der Waals surface area contributed by atoms with Gasteiger partial charge < -0.3 is 20.1 Å². The highest BCUT2D eigenvalue weighted by molar-refractivity contribution is 5.87. The molecule has 0 aliphatic heterocycles. The molecule has 6 nitrogen and oxygen atoms in total. The summed E-state index contributed by atoms with van der Waals surface area (Å²) in [5.41, 5.74) is 1.11. The maximum absolute atomic E-state index is 11.8. The molecule has 0 radical (unpaired) electrons. The number of nitrogens with one attached hydrogen (secondary N) is 1. The van der Waals surface area contributed by atoms with Crippen LogP contribution in [0.2, 0.25) is 0 Å². The SMILES string of the molecule is CCOCCNC(=O)N(C)Cc1ccc(C(=O)O)cc1. The van der Waals surface area contributed by atoms with Gasteiger partial charge in [-0.05, 0) is 24.6 Å². The third kappa shape index (κ3) is 5.27. The highest BCUT2D eigenvalue weighted by atomic mass is 16.5. The van der Waals surface area contributed by atoms with E-state index in [9.17, 15) is 9.59 Å². The van der Waals surface area contributed by atoms with E-state index in [1.165, 1.54) is 17.0 Å². The summed E-state index contributed by atoms with van der Waals surface area (Å²) in [6, 6.07) is 6.27. The molecule has 0 aliphatic carbocycles. The molecule has 0 fully saturated rings. The molecule has 2 N–H and O–H groups in total. The number of ether oxygens (including phenoxy) is 1. The monoisotopic (exact) mass is 280 g/mol. The summed E-state index contributed by atoms with van der Waals surface area (Å²) in [5.74, 6) is -0.960. The van der Waals surface area contributed by atoms with Crippen LogP contribution in [-0.2, 0) is 11.3 Å². The van der Waals surface area contributed by atoms with Crippen molar-refractivity contribution in [2.75, 3.05) is 26.8 Å². The summed E-state index contributed by atoms with van der Waals surface area (Å²) >= 11 is 0. The summed E-state index contributed by atoms with van der Waals surface area (Å²) in [6.07, 6.45) is 0. The number of hydrogen-bond donors (Lipinski definition) is 2. The minimum Gasteiger partial charge on any atom is -0.478 e. The van der Waals surface area contributed by atoms with Gasteiger partial charge in [0.15, 0.2) is 0 Å². The van der Waals surface area contributed by atoms with E-state index in [4.69, 9.17) is 9.84 Å². The van der Waals surface area contributed by atoms with Crippen LogP contribution in [0.5, 0.6) is 0 Å². The summed E-state index contributed by atoms with van der Waals surface area (Å²) in [4.78, 5) is 24.0. The van der Waals surface area contributed by atoms with Gasteiger partial charge in [0, 0.05) is 26.7 Å². The second-order valence-electron chi connectivity index (χ2n) is 4.29. The Morgan fingerprint density at radius 3 is 2.50 bits per heavy atom. The second-order valence-corrected chi connectivity index (χ2v) is 4.29. The molecule has 0 atom stereocenters. The molecule has 6 heteroatoms. The van der Waals surface area contributed by atoms with Crippen LogP contribution in [0.3, 0.4) is 0 Å². The number of aromatic carboxylic acids is 1. The standard InChI is InChI=1S/C14H20N2O4/c1-3-20-9-8-15-14(19)16(2)10-11-4-6-12(7-5-11)13(17)18/h4-7H,3,8-10H2,1-2H3,(H,15,19)(H,17,18). The van der Waals surface area contributed by atoms with Gasteiger partial charge >= 0.3 is 12.0 Å². The summed E-state index contributed by atoms with van der Waals surface area (Å²) in [6.45, 7) is 3.90. The number of rotatable bonds is 7. The fourth-order valence-corrected chi connectivity index (χ4v) is 1.61. The molecule has 0 aromatic heterocycles. The van der Waals surface area contributed by atoms with Crippen molar-refractivity contribution in [2.24, 2.45) is 0 Å². The maximum atomic E-state index is 11.8. The topological polar surface area (TPSA) is 78.9 Å². The number of nitrogens with zero attached hydrogens (tertiary/aromatic N) is 1. The third-order valence-corrected chi connectivity index (χ3v) is 2.69. The van der Waals surface area contributed by atoms with Crippen molar-refractivity contribution in [1.29, 1.82) is 0 Å². The van der Waals surface area contributed by atoms with Crippen molar-refractivity contribution in [3.8, 4) is 0 Å². The Kier molecular flexibility index (Phi) is 6.52. The molecule has 1 rings (SSSR count). The lowest BCUT2D eigenvalue weighted by atomic mass is 10.1. The van der Waals surface area contributed by atoms with E-state index in [1.54, 1.807) is 19.2 Å². The zero-order valence-electron chi connectivity index (χ0n) is 11.8. The molecule has 0 unspecified atom stereocenters. The van der Waals surface area contributed by atoms with Crippen molar-refractivity contribution < 1.29 is 19.4 Å². The first-order valence-corrected chi connectivity index (χ1v) is 6.43. The normalized spacial score (nSPS) is 10.1. The number of carbonyl (C=O) groups is 2. The average Bonchev–Trinajstić information content (AvgIpc) is 2.44. The quantitative estimate of drug-likeness (QED) is 0.743. The summed E-state index contributed by atoms with van der Waals surface area (Å²) in [7, 11) is 1.68. The van der Waals surface area contributed by atoms with Crippen molar-refractivity contribution in [1.82, 2.24) is 10.2 Å². The van der Waals surface area contributed by atoms with Gasteiger partial charge in [-0.1, -0.05) is 12.1 Å². The van der Waals surface area contributed by atoms with E-state index >= 15 is 0 Å². The van der Waals surface area contributed by atoms with Crippen LogP contribution in [0.4, 0.5) is 4.79 Å². The van der Waals surface area contributed by atoms with Crippen molar-refractivity contribution in [3.05, 3.63) is 35.4 Å². The summed E-state index contributed by atoms with van der Waals surface area (Å²) < 4.78 is 5.13. The molecule has 110 valence electrons. The highest BCUT2D eigenvalue weighted by Crippen LogP contribution is 2.07. The predicted molar refractivity (Wildman–Crippen MR) is 74.8 cm³/mol. The molecule has 2 amide bonds. The lowest BCUT2D eigenvalue weighted by Crippen LogP contribution is -2.38. The molecule has 0 saturated heterocycles. The molecular formula is C14H20N2O4. The predicted octanol–water partition coefficient (Wildman–Crippen LogP) is 1.56. The number of hydrogen-bond acceptors (Lipinski definition) is 3. The number of amides is 2. The zero-order valence-corrected chi connectivity index (χ0v) is 11.8. The minimum atomic E-state index is -0.960. The van der Waals surface area contributed by atoms with E-state index in [-0.39, 0.29) is 11.6 Å². The molecule has 1 aromatic rings. The molecule has 20 heavy (non-hydrogen) atoms. The summed E-state index contributed by atoms with van der Waals surface area (Å²) in [5, 5.41) is 11.5. The lowest BCUT2D eigenvalue weighted by molar-refractivity contribution is 0.0697. The lowest BCUT2D eigenvalue weighted by Gasteiger charge is -2.18. The minimum absolute atomic E-state index is 0.188. The van der Waals surface area contributed by atoms with E-state index < -0.39 is 5.97 Å². The molecule has 0 aliphatic rings. The van der Waals surface area contributed by atoms with Crippen LogP contribution < -0.4 is 5.32 Å². The Morgan fingerprint density at radius 1 is 1.30 bits per heavy atom. The zero-order chi connectivity index (χ0) is 15.0. The van der Waals surface area contributed by atoms with Crippen LogP contribution in [0.15, 0.2) is 24.3 Å². The van der Waals surface area contributed by atoms with Gasteiger partial charge in [0.1, 0.15) is 0 Å². The van der Waals surface area contributed by atoms with E-state index in [2.05, 4.69) is 5.32 Å². The van der Waals surface area contributed by atoms with Gasteiger partial charge in [0.25, 0.3) is 0 Å². The largest absolute Gasteiger partial charge is 0.478 e. The van der Waals surface area contributed by atoms with Gasteiger partial charge in [-0.3, -0.25) is 0 Å². The van der Waals surface area contributed by atoms with Crippen molar-refractivity contribution in [2.45, 2.75) is 13.5 Å². The fraction of sp³-hybridized carbons (Fsp3) is 0.429. The van der Waals surface area contributed by atoms with Crippen LogP contribution in [0, 0.1) is 0 Å². The Balaban J connectivity index is 2.42. The first-order valence-electron chi connectivity index (χ1n) is 6.43. The highest BCUT2D eigenvalue weighted by Gasteiger charge is 2.09. The third-order valence-electron chi connectivity index (χ3n) is 2.69. The first kappa shape index (κ1) is 16.0. The number of carbonyl (C=O) groups excluding carboxylic acids is 1. The maximum Gasteiger partial charge on any atom is 0.335 e. The molecule has 0 bridgehead atoms. The Bertz CT molecular complexity index is 445. The Morgan fingerprint density at radius 2 is 1.95 bits per heavy atom. The van der Waals surface area contributed by atoms with Gasteiger partial charge in [0.2, 0.25) is 0 Å². The first-order chi connectivity index (χ1) is 9.54. The Labute approximate surface area is 118 Å². The molecule has 0 spiro atoms. The van der Waals surface area contributed by atoms with E-state index in [1.807, 2.05) is 6.92 Å². The van der Waals surface area contributed by atoms with Crippen molar-refractivity contribution >= 4 is 12.0 Å². The average molecular weight is 280 g/mol. The number of carboxylic acids is 1. The number of carboxylic acid groups (broad SMARTS) is 1. The van der Waals surface area contributed by atoms with Gasteiger partial charge in [-0.2, -0.15) is 0 Å². The number of urea groups is 1. The van der Waals surface area contributed by atoms with Crippen LogP contribution in [0.25, 0.3) is 0 Å². The smallest absolute Gasteiger partial charge is 0.335 e. The van der Waals surface area contributed by atoms with Crippen LogP contribution in [0.1, 0.15) is 22.8 Å². The fourth-order valence-electron chi connectivity index (χ4n) is 1.61. The number of benzene rings is 1. The van der Waals surface area contributed by atoms with E-state index in [0.29, 0.717) is 26.3 Å². The molecule has 0 saturated carbocycles. The van der Waals surface area contributed by atoms with E-state index in [0.717, 1.165) is 5.56 Å². The molecular weight excluding hydrogens is 260 g/mol. The molecule has 1 aromatic carbocycles. The van der Waals surface area contributed by atoms with Gasteiger partial charge in [-0.15, -0.1) is 0 Å². The Hall–Kier alpha value is -2.08. The second kappa shape index (κ2) is 8.16. The van der Waals surface area contributed by atoms with Crippen molar-refractivity contribution in [3.63, 3.8) is 0 Å². The van der Waals surface area contributed by atoms with Crippen LogP contribution in [-0.4, -0.2) is 48.8 Å². The van der Waals surface area contributed by atoms with Gasteiger partial charge in [-0.25, -0.2) is 9.59 Å². The van der Waals surface area contributed by atoms with Crippen LogP contribution >= 0.6 is 0 Å². The van der Waals surface area contributed by atoms with Gasteiger partial charge in [0.05, 0.1) is 12.2 Å².